The quantitative estimate of drug-likeness (QED) is 0.206. The zero-order valence-corrected chi connectivity index (χ0v) is 41.5. The Morgan fingerprint density at radius 2 is 0.913 bits per heavy atom. The predicted octanol–water partition coefficient (Wildman–Crippen LogP) is 5.25. The van der Waals surface area contributed by atoms with Crippen LogP contribution in [-0.2, 0) is 132 Å². The van der Waals surface area contributed by atoms with Gasteiger partial charge in [-0.05, 0) is 14.7 Å². The minimum absolute atomic E-state index is 0. The molecule has 0 fully saturated rings. The van der Waals surface area contributed by atoms with Crippen molar-refractivity contribution in [3.8, 4) is 0 Å². The summed E-state index contributed by atoms with van der Waals surface area (Å²) in [7, 11) is -5.75. The van der Waals surface area contributed by atoms with E-state index < -0.39 is 35.0 Å². The minimum atomic E-state index is -3.77. The molecule has 3 N–H and O–H groups in total. The van der Waals surface area contributed by atoms with Crippen LogP contribution in [0.1, 0.15) is 57.0 Å². The Morgan fingerprint density at radius 1 is 0.630 bits per heavy atom. The fourth-order valence-electron chi connectivity index (χ4n) is 4.69. The number of hydrogen-bond acceptors (Lipinski definition) is 7. The molecule has 0 spiro atoms. The van der Waals surface area contributed by atoms with Crippen LogP contribution in [0.4, 0.5) is 0 Å². The Hall–Kier alpha value is 1.27. The summed E-state index contributed by atoms with van der Waals surface area (Å²) in [6.45, 7) is 16.9. The van der Waals surface area contributed by atoms with Crippen LogP contribution in [0, 0.1) is 80.5 Å². The first-order valence-electron chi connectivity index (χ1n) is 12.4. The molecule has 46 heavy (non-hydrogen) atoms. The second-order valence-electron chi connectivity index (χ2n) is 9.91. The molecule has 3 radical (unpaired) electrons. The van der Waals surface area contributed by atoms with Gasteiger partial charge in [-0.1, -0.05) is 62.3 Å². The Kier molecular flexibility index (Phi) is 26.2. The maximum Gasteiger partial charge on any atom is 0.229 e. The van der Waals surface area contributed by atoms with E-state index in [0.717, 1.165) is 16.7 Å². The molecule has 0 aliphatic heterocycles. The van der Waals surface area contributed by atoms with Gasteiger partial charge in [-0.15, -0.1) is 57.4 Å². The van der Waals surface area contributed by atoms with E-state index in [1.807, 2.05) is 25.5 Å². The van der Waals surface area contributed by atoms with Gasteiger partial charge in [0.05, 0.1) is 0 Å². The van der Waals surface area contributed by atoms with Gasteiger partial charge < -0.3 is 0 Å². The Labute approximate surface area is 372 Å². The summed E-state index contributed by atoms with van der Waals surface area (Å²) < 4.78 is 70.2. The van der Waals surface area contributed by atoms with Gasteiger partial charge in [-0.25, -0.2) is 30.4 Å². The van der Waals surface area contributed by atoms with E-state index in [9.17, 15) is 30.0 Å². The third kappa shape index (κ3) is 17.0. The summed E-state index contributed by atoms with van der Waals surface area (Å²) >= 11 is 0. The van der Waals surface area contributed by atoms with Gasteiger partial charge in [0.2, 0.25) is 25.0 Å². The number of rotatable bonds is 4. The van der Waals surface area contributed by atoms with E-state index >= 15 is 0 Å². The standard InChI is InChI=1S/C11H14NO3S.C9H10ClO2S.C9H12NO2S.HI.3Y/c1-7-5-8(2)11(9(3)6-7)16(14,15)12-10(4)13;2*1-6-4-7(2)9(8(3)5-6)13(10,11)12;;;;/h5H,1-4H3,(H,12,13);4H,1-3H3;4H,1-3H3,(H2,10,11,12);1H;;;/q3*-1;;;;. The molecule has 17 heteroatoms. The van der Waals surface area contributed by atoms with E-state index in [2.05, 4.69) is 18.2 Å². The first-order chi connectivity index (χ1) is 18.9. The van der Waals surface area contributed by atoms with Crippen LogP contribution in [0.15, 0.2) is 32.9 Å². The van der Waals surface area contributed by atoms with Crippen LogP contribution >= 0.6 is 34.7 Å². The van der Waals surface area contributed by atoms with Crippen molar-refractivity contribution in [2.45, 2.75) is 83.9 Å². The summed E-state index contributed by atoms with van der Waals surface area (Å²) in [6.07, 6.45) is 0. The molecule has 0 saturated heterocycles. The summed E-state index contributed by atoms with van der Waals surface area (Å²) in [6, 6.07) is 14.0. The molecule has 0 unspecified atom stereocenters. The number of hydrogen-bond donors (Lipinski definition) is 2. The third-order valence-electron chi connectivity index (χ3n) is 5.62. The Balaban J connectivity index is -0.000000277. The average molecular weight is 1050 g/mol. The van der Waals surface area contributed by atoms with E-state index in [0.29, 0.717) is 33.4 Å². The van der Waals surface area contributed by atoms with Gasteiger partial charge in [0.25, 0.3) is 0 Å². The average Bonchev–Trinajstić information content (AvgIpc) is 2.68. The summed E-state index contributed by atoms with van der Waals surface area (Å²) in [4.78, 5) is 11.3. The van der Waals surface area contributed by atoms with Crippen molar-refractivity contribution in [2.75, 3.05) is 0 Å². The van der Waals surface area contributed by atoms with E-state index in [1.54, 1.807) is 59.7 Å². The molecule has 0 heterocycles. The normalized spacial score (nSPS) is 10.5. The molecular formula is C29H37ClIN2O7S3Y3-3. The van der Waals surface area contributed by atoms with Crippen molar-refractivity contribution in [2.24, 2.45) is 5.14 Å². The largest absolute Gasteiger partial charge is 0.274 e. The van der Waals surface area contributed by atoms with Crippen molar-refractivity contribution in [3.05, 3.63) is 86.5 Å². The first-order valence-corrected chi connectivity index (χ1v) is 17.7. The topological polar surface area (TPSA) is 158 Å². The molecular weight excluding hydrogens is 1010 g/mol. The number of benzene rings is 3. The number of amides is 1. The molecule has 1 amide bonds. The van der Waals surface area contributed by atoms with Crippen molar-refractivity contribution >= 4 is 69.7 Å². The van der Waals surface area contributed by atoms with Gasteiger partial charge >= 0.3 is 0 Å². The SMILES string of the molecule is CC(=O)NS(=O)(=O)c1c(C)[c-]c(C)cc1C.Cc1[c-]c(C)c(S(=O)(=O)Cl)c(C)c1.Cc1[c-]c(C)c(S(N)(=O)=O)c(C)c1.I.[Y].[Y].[Y]. The Bertz CT molecular complexity index is 1700. The third-order valence-corrected chi connectivity index (χ3v) is 10.1. The predicted molar refractivity (Wildman–Crippen MR) is 179 cm³/mol. The van der Waals surface area contributed by atoms with Gasteiger partial charge in [0.1, 0.15) is 0 Å². The molecule has 249 valence electrons. The zero-order chi connectivity index (χ0) is 33.0. The summed E-state index contributed by atoms with van der Waals surface area (Å²) in [5.41, 5.74) is 6.35. The molecule has 0 aliphatic carbocycles. The van der Waals surface area contributed by atoms with E-state index in [4.69, 9.17) is 15.8 Å². The van der Waals surface area contributed by atoms with Crippen molar-refractivity contribution in [3.63, 3.8) is 0 Å². The molecule has 0 saturated carbocycles. The smallest absolute Gasteiger partial charge is 0.229 e. The van der Waals surface area contributed by atoms with Gasteiger partial charge in [0.15, 0.2) is 10.0 Å². The number of sulfonamides is 2. The second kappa shape index (κ2) is 22.3. The monoisotopic (exact) mass is 1050 g/mol. The molecule has 0 aliphatic rings. The first kappa shape index (κ1) is 54.1. The number of carbonyl (C=O) groups is 1. The van der Waals surface area contributed by atoms with Crippen LogP contribution < -0.4 is 9.86 Å². The molecule has 0 atom stereocenters. The molecule has 9 nitrogen and oxygen atoms in total. The van der Waals surface area contributed by atoms with Crippen molar-refractivity contribution in [1.82, 2.24) is 4.72 Å². The number of nitrogens with one attached hydrogen (secondary N) is 1. The van der Waals surface area contributed by atoms with E-state index in [-0.39, 0.29) is 137 Å². The number of aryl methyl sites for hydroxylation is 9. The van der Waals surface area contributed by atoms with Crippen molar-refractivity contribution in [1.29, 1.82) is 0 Å². The number of nitrogens with two attached hydrogens (primary N) is 1. The van der Waals surface area contributed by atoms with Crippen LogP contribution in [0.3, 0.4) is 0 Å². The zero-order valence-electron chi connectivity index (χ0n) is 27.4. The number of primary sulfonamides is 1. The maximum atomic E-state index is 11.8. The van der Waals surface area contributed by atoms with Crippen LogP contribution in [0.2, 0.25) is 0 Å². The fraction of sp³-hybridized carbons (Fsp3) is 0.345. The number of halogens is 2. The molecule has 3 aromatic rings. The number of carbonyl (C=O) groups excluding carboxylic acids is 1. The Morgan fingerprint density at radius 3 is 1.15 bits per heavy atom. The van der Waals surface area contributed by atoms with Gasteiger partial charge in [-0.2, -0.15) is 53.1 Å². The van der Waals surface area contributed by atoms with Crippen LogP contribution in [-0.4, -0.2) is 31.2 Å². The molecule has 0 bridgehead atoms. The minimum Gasteiger partial charge on any atom is -0.274 e. The molecule has 0 aromatic heterocycles. The maximum absolute atomic E-state index is 11.8. The molecule has 3 rings (SSSR count). The van der Waals surface area contributed by atoms with Crippen LogP contribution in [0.25, 0.3) is 0 Å². The fourth-order valence-corrected chi connectivity index (χ4v) is 8.67. The van der Waals surface area contributed by atoms with Crippen molar-refractivity contribution < 1.29 is 128 Å². The van der Waals surface area contributed by atoms with Gasteiger partial charge in [0, 0.05) is 116 Å². The molecule has 3 aromatic carbocycles. The van der Waals surface area contributed by atoms with E-state index in [1.165, 1.54) is 6.92 Å². The summed E-state index contributed by atoms with van der Waals surface area (Å²) in [5, 5.41) is 5.06. The van der Waals surface area contributed by atoms with Crippen LogP contribution in [0.5, 0.6) is 0 Å². The second-order valence-corrected chi connectivity index (χ2v) is 15.5. The summed E-state index contributed by atoms with van der Waals surface area (Å²) in [5.74, 6) is -0.598. The van der Waals surface area contributed by atoms with Gasteiger partial charge in [-0.3, -0.25) is 9.52 Å².